The Kier molecular flexibility index (Phi) is 13.4. The molecule has 1 fully saturated rings. The van der Waals surface area contributed by atoms with E-state index in [1.54, 1.807) is 12.3 Å². The van der Waals surface area contributed by atoms with E-state index in [2.05, 4.69) is 200 Å². The van der Waals surface area contributed by atoms with Gasteiger partial charge in [0.05, 0.1) is 0 Å². The summed E-state index contributed by atoms with van der Waals surface area (Å²) in [6, 6.07) is 54.0. The number of aliphatic hydroxyl groups excluding tert-OH is 1. The third kappa shape index (κ3) is 8.78. The summed E-state index contributed by atoms with van der Waals surface area (Å²) in [7, 11) is -6.36. The van der Waals surface area contributed by atoms with E-state index in [1.165, 1.54) is 25.2 Å². The summed E-state index contributed by atoms with van der Waals surface area (Å²) in [6.45, 7) is 18.0. The molecule has 7 rings (SSSR count). The van der Waals surface area contributed by atoms with Gasteiger partial charge in [0.25, 0.3) is 0 Å². The molecule has 2 heterocycles. The van der Waals surface area contributed by atoms with Gasteiger partial charge in [-0.05, 0) is 0 Å². The molecule has 59 heavy (non-hydrogen) atoms. The summed E-state index contributed by atoms with van der Waals surface area (Å²) >= 11 is -0.227. The van der Waals surface area contributed by atoms with Crippen LogP contribution in [0.1, 0.15) is 55.4 Å². The average molecular weight is 892 g/mol. The standard InChI is InChI=1S/C50H60O6SeSi2/c1-36-44(43(51)34-35-52-36)54-48-47(57-38-24-14-9-15-25-38)46(56-59(50(6,7)8,41-30-20-12-21-31-41)42-32-22-13-23-33-42)45(37(2)53-48)55-58(49(3,4)5,39-26-16-10-17-27-39)40-28-18-11-19-29-40/h9-37,43-48,51H,1-8H3/t36-,37-,43+,44-,45-,46+,47-,48+/m0/s1. The number of ether oxygens (including phenoxy) is 3. The number of rotatable bonds is 12. The first kappa shape index (κ1) is 43.5. The maximum atomic E-state index is 11.3. The Labute approximate surface area is 360 Å². The molecule has 0 aromatic heterocycles. The van der Waals surface area contributed by atoms with Crippen molar-refractivity contribution in [3.8, 4) is 0 Å². The van der Waals surface area contributed by atoms with Crippen LogP contribution in [0.3, 0.4) is 0 Å². The quantitative estimate of drug-likeness (QED) is 0.135. The van der Waals surface area contributed by atoms with Gasteiger partial charge in [-0.15, -0.1) is 0 Å². The molecule has 0 radical (unpaired) electrons. The second kappa shape index (κ2) is 18.2. The van der Waals surface area contributed by atoms with Crippen LogP contribution in [0.5, 0.6) is 0 Å². The zero-order chi connectivity index (χ0) is 41.8. The molecule has 0 spiro atoms. The van der Waals surface area contributed by atoms with Crippen LogP contribution in [0.25, 0.3) is 0 Å². The predicted molar refractivity (Wildman–Crippen MR) is 245 cm³/mol. The molecule has 0 amide bonds. The number of aliphatic hydroxyl groups is 1. The van der Waals surface area contributed by atoms with E-state index in [4.69, 9.17) is 23.1 Å². The summed E-state index contributed by atoms with van der Waals surface area (Å²) in [5, 5.41) is 15.5. The molecule has 1 saturated heterocycles. The van der Waals surface area contributed by atoms with Crippen LogP contribution in [-0.4, -0.2) is 79.6 Å². The Hall–Kier alpha value is -3.61. The van der Waals surface area contributed by atoms with Gasteiger partial charge in [-0.3, -0.25) is 0 Å². The SMILES string of the molecule is C[C@@H]1O[C@H](O[C@@H]2[C@H](O)C=CO[C@H]2C)[C@@H]([Se]c2ccccc2)[C@H](O[Si](c2ccccc2)(c2ccccc2)C(C)(C)C)[C@H]1O[Si](c1ccccc1)(c1ccccc1)C(C)(C)C. The van der Waals surface area contributed by atoms with Gasteiger partial charge in [-0.1, -0.05) is 0 Å². The average Bonchev–Trinajstić information content (AvgIpc) is 3.23. The maximum absolute atomic E-state index is 11.3. The third-order valence-electron chi connectivity index (χ3n) is 11.9. The second-order valence-electron chi connectivity index (χ2n) is 17.9. The molecular weight excluding hydrogens is 832 g/mol. The van der Waals surface area contributed by atoms with E-state index in [1.807, 2.05) is 6.92 Å². The zero-order valence-corrected chi connectivity index (χ0v) is 39.3. The molecule has 6 nitrogen and oxygen atoms in total. The molecule has 0 bridgehead atoms. The molecule has 5 aromatic carbocycles. The van der Waals surface area contributed by atoms with Crippen molar-refractivity contribution >= 4 is 56.8 Å². The van der Waals surface area contributed by atoms with Crippen LogP contribution in [0.15, 0.2) is 164 Å². The van der Waals surface area contributed by atoms with E-state index < -0.39 is 53.4 Å². The van der Waals surface area contributed by atoms with Crippen LogP contribution >= 0.6 is 0 Å². The molecule has 8 atom stereocenters. The predicted octanol–water partition coefficient (Wildman–Crippen LogP) is 7.12. The number of hydrogen-bond acceptors (Lipinski definition) is 6. The van der Waals surface area contributed by atoms with Crippen molar-refractivity contribution in [1.29, 1.82) is 0 Å². The Morgan fingerprint density at radius 2 is 0.915 bits per heavy atom. The van der Waals surface area contributed by atoms with Crippen molar-refractivity contribution < 1.29 is 28.2 Å². The summed E-state index contributed by atoms with van der Waals surface area (Å²) in [5.74, 6) is 0. The number of benzene rings is 5. The number of hydrogen-bond donors (Lipinski definition) is 1. The molecule has 2 aliphatic rings. The molecule has 5 aromatic rings. The van der Waals surface area contributed by atoms with Gasteiger partial charge in [0.1, 0.15) is 0 Å². The zero-order valence-electron chi connectivity index (χ0n) is 35.6. The van der Waals surface area contributed by atoms with Crippen molar-refractivity contribution in [1.82, 2.24) is 0 Å². The van der Waals surface area contributed by atoms with Gasteiger partial charge in [0, 0.05) is 0 Å². The van der Waals surface area contributed by atoms with Crippen molar-refractivity contribution in [2.24, 2.45) is 0 Å². The van der Waals surface area contributed by atoms with Crippen LogP contribution in [-0.2, 0) is 23.1 Å². The van der Waals surface area contributed by atoms with Crippen LogP contribution in [0.2, 0.25) is 14.9 Å². The van der Waals surface area contributed by atoms with Gasteiger partial charge < -0.3 is 0 Å². The second-order valence-corrected chi connectivity index (χ2v) is 29.0. The van der Waals surface area contributed by atoms with Crippen LogP contribution in [0.4, 0.5) is 0 Å². The Morgan fingerprint density at radius 1 is 0.525 bits per heavy atom. The van der Waals surface area contributed by atoms with E-state index >= 15 is 0 Å². The minimum absolute atomic E-state index is 0.227. The fourth-order valence-corrected chi connectivity index (χ4v) is 21.2. The van der Waals surface area contributed by atoms with Crippen molar-refractivity contribution in [2.75, 3.05) is 0 Å². The molecule has 0 aliphatic carbocycles. The topological polar surface area (TPSA) is 66.4 Å². The Balaban J connectivity index is 1.49. The van der Waals surface area contributed by atoms with Crippen LogP contribution < -0.4 is 25.2 Å². The molecule has 0 unspecified atom stereocenters. The van der Waals surface area contributed by atoms with Gasteiger partial charge >= 0.3 is 362 Å². The summed E-state index contributed by atoms with van der Waals surface area (Å²) in [5.41, 5.74) is 0. The summed E-state index contributed by atoms with van der Waals surface area (Å²) in [6.07, 6.45) is -0.871. The Bertz CT molecular complexity index is 2010. The molecule has 9 heteroatoms. The molecule has 2 aliphatic heterocycles. The molecular formula is C50H60O6SeSi2. The first-order valence-corrected chi connectivity index (χ1v) is 26.5. The fraction of sp³-hybridized carbons (Fsp3) is 0.360. The summed E-state index contributed by atoms with van der Waals surface area (Å²) in [4.78, 5) is -0.295. The minimum atomic E-state index is -3.21. The first-order valence-electron chi connectivity index (χ1n) is 20.9. The van der Waals surface area contributed by atoms with Crippen molar-refractivity contribution in [3.63, 3.8) is 0 Å². The van der Waals surface area contributed by atoms with Gasteiger partial charge in [-0.2, -0.15) is 0 Å². The normalized spacial score (nSPS) is 25.3. The van der Waals surface area contributed by atoms with Gasteiger partial charge in [0.15, 0.2) is 0 Å². The van der Waals surface area contributed by atoms with E-state index in [9.17, 15) is 5.11 Å². The van der Waals surface area contributed by atoms with E-state index in [-0.39, 0.29) is 36.0 Å². The summed E-state index contributed by atoms with van der Waals surface area (Å²) < 4.78 is 37.9. The third-order valence-corrected chi connectivity index (χ3v) is 24.7. The monoisotopic (exact) mass is 892 g/mol. The van der Waals surface area contributed by atoms with E-state index in [0.29, 0.717) is 0 Å². The first-order chi connectivity index (χ1) is 28.3. The van der Waals surface area contributed by atoms with E-state index in [0.717, 1.165) is 0 Å². The van der Waals surface area contributed by atoms with Crippen molar-refractivity contribution in [2.45, 2.75) is 113 Å². The van der Waals surface area contributed by atoms with Crippen molar-refractivity contribution in [3.05, 3.63) is 164 Å². The van der Waals surface area contributed by atoms with Crippen LogP contribution in [0, 0.1) is 0 Å². The van der Waals surface area contributed by atoms with Gasteiger partial charge in [0.2, 0.25) is 0 Å². The molecule has 310 valence electrons. The fourth-order valence-electron chi connectivity index (χ4n) is 9.01. The Morgan fingerprint density at radius 3 is 1.31 bits per heavy atom. The van der Waals surface area contributed by atoms with Gasteiger partial charge in [-0.25, -0.2) is 0 Å². The molecule has 0 saturated carbocycles. The molecule has 1 N–H and O–H groups in total.